The molecule has 15 heavy (non-hydrogen) atoms. The lowest BCUT2D eigenvalue weighted by atomic mass is 10.3. The van der Waals surface area contributed by atoms with Crippen molar-refractivity contribution in [2.24, 2.45) is 7.05 Å². The molecule has 0 bridgehead atoms. The minimum absolute atomic E-state index is 0.367. The van der Waals surface area contributed by atoms with E-state index in [-0.39, 0.29) is 0 Å². The smallest absolute Gasteiger partial charge is 0.180 e. The van der Waals surface area contributed by atoms with E-state index in [0.29, 0.717) is 21.7 Å². The van der Waals surface area contributed by atoms with Gasteiger partial charge in [0.15, 0.2) is 5.82 Å². The summed E-state index contributed by atoms with van der Waals surface area (Å²) < 4.78 is 1.66. The van der Waals surface area contributed by atoms with Gasteiger partial charge in [-0.1, -0.05) is 23.2 Å². The van der Waals surface area contributed by atoms with Gasteiger partial charge in [-0.15, -0.1) is 0 Å². The second-order valence-electron chi connectivity index (χ2n) is 3.09. The molecule has 0 N–H and O–H groups in total. The molecular formula is C9H8Cl2N4. The maximum atomic E-state index is 5.92. The molecule has 0 fully saturated rings. The molecular weight excluding hydrogens is 235 g/mol. The Kier molecular flexibility index (Phi) is 2.63. The maximum absolute atomic E-state index is 5.92. The first-order valence-corrected chi connectivity index (χ1v) is 5.03. The lowest BCUT2D eigenvalue weighted by molar-refractivity contribution is 0.769. The fourth-order valence-electron chi connectivity index (χ4n) is 1.17. The summed E-state index contributed by atoms with van der Waals surface area (Å²) in [6.07, 6.45) is 1.67. The summed E-state index contributed by atoms with van der Waals surface area (Å²) in [4.78, 5) is 8.29. The van der Waals surface area contributed by atoms with Crippen molar-refractivity contribution < 1.29 is 0 Å². The van der Waals surface area contributed by atoms with Crippen LogP contribution in [-0.2, 0) is 7.05 Å². The zero-order chi connectivity index (χ0) is 11.0. The number of aromatic nitrogens is 4. The van der Waals surface area contributed by atoms with Crippen LogP contribution in [0.4, 0.5) is 0 Å². The van der Waals surface area contributed by atoms with Crippen LogP contribution in [0, 0.1) is 6.92 Å². The van der Waals surface area contributed by atoms with Gasteiger partial charge in [-0.25, -0.2) is 9.97 Å². The Morgan fingerprint density at radius 3 is 2.27 bits per heavy atom. The van der Waals surface area contributed by atoms with Crippen molar-refractivity contribution in [1.82, 2.24) is 19.7 Å². The Labute approximate surface area is 96.9 Å². The van der Waals surface area contributed by atoms with Crippen LogP contribution in [0.15, 0.2) is 12.3 Å². The predicted molar refractivity (Wildman–Crippen MR) is 59.0 cm³/mol. The summed E-state index contributed by atoms with van der Waals surface area (Å²) in [5, 5.41) is 4.76. The standard InChI is InChI=1S/C9H8Cl2N4/c1-5-7(10)13-9(14-8(5)11)6-3-4-12-15(6)2/h3-4H,1-2H3. The van der Waals surface area contributed by atoms with E-state index < -0.39 is 0 Å². The third kappa shape index (κ3) is 1.82. The van der Waals surface area contributed by atoms with Crippen LogP contribution in [0.2, 0.25) is 10.3 Å². The van der Waals surface area contributed by atoms with Crippen molar-refractivity contribution >= 4 is 23.2 Å². The van der Waals surface area contributed by atoms with Crippen LogP contribution in [-0.4, -0.2) is 19.7 Å². The van der Waals surface area contributed by atoms with Crippen molar-refractivity contribution in [2.45, 2.75) is 6.92 Å². The molecule has 0 aromatic carbocycles. The molecule has 2 rings (SSSR count). The van der Waals surface area contributed by atoms with Crippen molar-refractivity contribution in [3.05, 3.63) is 28.1 Å². The summed E-state index contributed by atoms with van der Waals surface area (Å²) in [5.74, 6) is 0.482. The van der Waals surface area contributed by atoms with E-state index >= 15 is 0 Å². The van der Waals surface area contributed by atoms with Crippen LogP contribution in [0.25, 0.3) is 11.5 Å². The molecule has 0 atom stereocenters. The predicted octanol–water partition coefficient (Wildman–Crippen LogP) is 2.49. The number of hydrogen-bond donors (Lipinski definition) is 0. The molecule has 0 aliphatic carbocycles. The van der Waals surface area contributed by atoms with E-state index in [1.165, 1.54) is 0 Å². The highest BCUT2D eigenvalue weighted by Gasteiger charge is 2.11. The Morgan fingerprint density at radius 1 is 1.20 bits per heavy atom. The molecule has 78 valence electrons. The van der Waals surface area contributed by atoms with Crippen LogP contribution in [0.5, 0.6) is 0 Å². The van der Waals surface area contributed by atoms with E-state index in [4.69, 9.17) is 23.2 Å². The SMILES string of the molecule is Cc1c(Cl)nc(-c2ccnn2C)nc1Cl. The number of halogens is 2. The fourth-order valence-corrected chi connectivity index (χ4v) is 1.56. The molecule has 0 saturated heterocycles. The molecule has 0 unspecified atom stereocenters. The first-order chi connectivity index (χ1) is 7.09. The van der Waals surface area contributed by atoms with Gasteiger partial charge in [0, 0.05) is 18.8 Å². The van der Waals surface area contributed by atoms with Crippen LogP contribution >= 0.6 is 23.2 Å². The summed E-state index contributed by atoms with van der Waals surface area (Å²) >= 11 is 11.8. The average Bonchev–Trinajstić information content (AvgIpc) is 2.60. The fraction of sp³-hybridized carbons (Fsp3) is 0.222. The average molecular weight is 243 g/mol. The van der Waals surface area contributed by atoms with Crippen LogP contribution in [0.3, 0.4) is 0 Å². The molecule has 2 aromatic heterocycles. The van der Waals surface area contributed by atoms with Gasteiger partial charge >= 0.3 is 0 Å². The summed E-state index contributed by atoms with van der Waals surface area (Å²) in [7, 11) is 1.81. The molecule has 0 spiro atoms. The highest BCUT2D eigenvalue weighted by molar-refractivity contribution is 6.34. The van der Waals surface area contributed by atoms with Gasteiger partial charge in [0.2, 0.25) is 0 Å². The second-order valence-corrected chi connectivity index (χ2v) is 3.81. The van der Waals surface area contributed by atoms with Gasteiger partial charge in [0.05, 0.1) is 0 Å². The van der Waals surface area contributed by atoms with Gasteiger partial charge in [0.1, 0.15) is 16.0 Å². The Hall–Kier alpha value is -1.13. The summed E-state index contributed by atoms with van der Waals surface area (Å²) in [5.41, 5.74) is 1.46. The minimum Gasteiger partial charge on any atom is -0.265 e. The quantitative estimate of drug-likeness (QED) is 0.722. The van der Waals surface area contributed by atoms with Crippen LogP contribution < -0.4 is 0 Å². The second kappa shape index (κ2) is 3.79. The highest BCUT2D eigenvalue weighted by Crippen LogP contribution is 2.23. The van der Waals surface area contributed by atoms with E-state index in [9.17, 15) is 0 Å². The normalized spacial score (nSPS) is 10.7. The lowest BCUT2D eigenvalue weighted by Crippen LogP contribution is -1.99. The van der Waals surface area contributed by atoms with Crippen molar-refractivity contribution in [3.8, 4) is 11.5 Å². The van der Waals surface area contributed by atoms with Crippen molar-refractivity contribution in [3.63, 3.8) is 0 Å². The zero-order valence-corrected chi connectivity index (χ0v) is 9.71. The molecule has 4 nitrogen and oxygen atoms in total. The number of aryl methyl sites for hydroxylation is 1. The maximum Gasteiger partial charge on any atom is 0.180 e. The van der Waals surface area contributed by atoms with Gasteiger partial charge in [-0.05, 0) is 13.0 Å². The molecule has 0 aliphatic rings. The minimum atomic E-state index is 0.367. The monoisotopic (exact) mass is 242 g/mol. The van der Waals surface area contributed by atoms with Gasteiger partial charge in [-0.3, -0.25) is 4.68 Å². The largest absolute Gasteiger partial charge is 0.265 e. The highest BCUT2D eigenvalue weighted by atomic mass is 35.5. The first kappa shape index (κ1) is 10.4. The Morgan fingerprint density at radius 2 is 1.80 bits per heavy atom. The van der Waals surface area contributed by atoms with E-state index in [2.05, 4.69) is 15.1 Å². The lowest BCUT2D eigenvalue weighted by Gasteiger charge is -2.04. The molecule has 0 radical (unpaired) electrons. The van der Waals surface area contributed by atoms with E-state index in [1.807, 2.05) is 0 Å². The van der Waals surface area contributed by atoms with Crippen LogP contribution in [0.1, 0.15) is 5.56 Å². The first-order valence-electron chi connectivity index (χ1n) is 4.27. The number of rotatable bonds is 1. The zero-order valence-electron chi connectivity index (χ0n) is 8.20. The summed E-state index contributed by atoms with van der Waals surface area (Å²) in [6.45, 7) is 1.78. The van der Waals surface area contributed by atoms with E-state index in [1.54, 1.807) is 30.9 Å². The van der Waals surface area contributed by atoms with Gasteiger partial charge in [-0.2, -0.15) is 5.10 Å². The third-order valence-electron chi connectivity index (χ3n) is 2.08. The van der Waals surface area contributed by atoms with Gasteiger partial charge < -0.3 is 0 Å². The molecule has 6 heteroatoms. The number of hydrogen-bond acceptors (Lipinski definition) is 3. The Bertz CT molecular complexity index is 484. The number of nitrogens with zero attached hydrogens (tertiary/aromatic N) is 4. The third-order valence-corrected chi connectivity index (χ3v) is 2.81. The molecule has 2 heterocycles. The molecule has 0 saturated carbocycles. The molecule has 2 aromatic rings. The molecule has 0 aliphatic heterocycles. The summed E-state index contributed by atoms with van der Waals surface area (Å²) in [6, 6.07) is 1.80. The molecule has 0 amide bonds. The van der Waals surface area contributed by atoms with Crippen molar-refractivity contribution in [2.75, 3.05) is 0 Å². The van der Waals surface area contributed by atoms with Crippen molar-refractivity contribution in [1.29, 1.82) is 0 Å². The van der Waals surface area contributed by atoms with Gasteiger partial charge in [0.25, 0.3) is 0 Å². The Balaban J connectivity index is 2.60. The van der Waals surface area contributed by atoms with E-state index in [0.717, 1.165) is 5.69 Å². The topological polar surface area (TPSA) is 43.6 Å².